The SMILES string of the molecule is CCCCOC(=O)N1CCC(CC(OCCOCCCCCOCc2ccccc2)C(F)(F)F)CC1. The summed E-state index contributed by atoms with van der Waals surface area (Å²) >= 11 is 0. The van der Waals surface area contributed by atoms with Gasteiger partial charge in [-0.05, 0) is 56.4 Å². The predicted molar refractivity (Wildman–Crippen MR) is 132 cm³/mol. The first kappa shape index (κ1) is 30.4. The highest BCUT2D eigenvalue weighted by molar-refractivity contribution is 5.67. The molecular formula is C27H42F3NO5. The highest BCUT2D eigenvalue weighted by Crippen LogP contribution is 2.32. The van der Waals surface area contributed by atoms with Crippen LogP contribution in [0.5, 0.6) is 0 Å². The number of amides is 1. The Labute approximate surface area is 213 Å². The molecule has 36 heavy (non-hydrogen) atoms. The summed E-state index contributed by atoms with van der Waals surface area (Å²) < 4.78 is 61.9. The third-order valence-corrected chi connectivity index (χ3v) is 6.24. The number of carbonyl (C=O) groups is 1. The van der Waals surface area contributed by atoms with E-state index in [1.54, 1.807) is 4.90 Å². The number of rotatable bonds is 17. The summed E-state index contributed by atoms with van der Waals surface area (Å²) in [7, 11) is 0. The van der Waals surface area contributed by atoms with Crippen molar-refractivity contribution < 1.29 is 36.9 Å². The Hall–Kier alpha value is -1.84. The van der Waals surface area contributed by atoms with Gasteiger partial charge in [-0.3, -0.25) is 0 Å². The Bertz CT molecular complexity index is 696. The Morgan fingerprint density at radius 2 is 1.64 bits per heavy atom. The van der Waals surface area contributed by atoms with E-state index in [0.29, 0.717) is 52.4 Å². The zero-order valence-electron chi connectivity index (χ0n) is 21.5. The molecule has 1 aromatic carbocycles. The van der Waals surface area contributed by atoms with Crippen molar-refractivity contribution in [2.75, 3.05) is 46.1 Å². The van der Waals surface area contributed by atoms with Crippen molar-refractivity contribution in [3.05, 3.63) is 35.9 Å². The van der Waals surface area contributed by atoms with Gasteiger partial charge >= 0.3 is 12.3 Å². The number of hydrogen-bond donors (Lipinski definition) is 0. The summed E-state index contributed by atoms with van der Waals surface area (Å²) in [5, 5.41) is 0. The van der Waals surface area contributed by atoms with Gasteiger partial charge in [-0.1, -0.05) is 43.7 Å². The van der Waals surface area contributed by atoms with Crippen molar-refractivity contribution in [1.82, 2.24) is 4.90 Å². The van der Waals surface area contributed by atoms with Crippen LogP contribution >= 0.6 is 0 Å². The Morgan fingerprint density at radius 3 is 2.31 bits per heavy atom. The van der Waals surface area contributed by atoms with Crippen molar-refractivity contribution in [1.29, 1.82) is 0 Å². The lowest BCUT2D eigenvalue weighted by molar-refractivity contribution is -0.228. The number of unbranched alkanes of at least 4 members (excludes halogenated alkanes) is 3. The number of ether oxygens (including phenoxy) is 4. The van der Waals surface area contributed by atoms with Crippen LogP contribution in [0.4, 0.5) is 18.0 Å². The number of benzene rings is 1. The van der Waals surface area contributed by atoms with Gasteiger partial charge in [0, 0.05) is 26.3 Å². The van der Waals surface area contributed by atoms with E-state index in [1.165, 1.54) is 0 Å². The van der Waals surface area contributed by atoms with Crippen molar-refractivity contribution >= 4 is 6.09 Å². The van der Waals surface area contributed by atoms with Gasteiger partial charge < -0.3 is 23.8 Å². The Kier molecular flexibility index (Phi) is 14.8. The van der Waals surface area contributed by atoms with E-state index in [9.17, 15) is 18.0 Å². The molecule has 2 rings (SSSR count). The van der Waals surface area contributed by atoms with Gasteiger partial charge in [-0.25, -0.2) is 4.79 Å². The van der Waals surface area contributed by atoms with Crippen LogP contribution in [0.2, 0.25) is 0 Å². The van der Waals surface area contributed by atoms with Crippen molar-refractivity contribution in [2.45, 2.75) is 77.2 Å². The van der Waals surface area contributed by atoms with Crippen LogP contribution in [-0.4, -0.2) is 69.4 Å². The zero-order valence-corrected chi connectivity index (χ0v) is 21.5. The zero-order chi connectivity index (χ0) is 26.1. The highest BCUT2D eigenvalue weighted by Gasteiger charge is 2.42. The average Bonchev–Trinajstić information content (AvgIpc) is 2.87. The molecule has 1 unspecified atom stereocenters. The van der Waals surface area contributed by atoms with E-state index in [4.69, 9.17) is 18.9 Å². The number of hydrogen-bond acceptors (Lipinski definition) is 5. The van der Waals surface area contributed by atoms with Crippen LogP contribution in [0.15, 0.2) is 30.3 Å². The van der Waals surface area contributed by atoms with E-state index in [2.05, 4.69) is 0 Å². The van der Waals surface area contributed by atoms with E-state index in [1.807, 2.05) is 37.3 Å². The molecule has 1 amide bonds. The third kappa shape index (κ3) is 12.9. The van der Waals surface area contributed by atoms with Crippen molar-refractivity contribution in [2.24, 2.45) is 5.92 Å². The van der Waals surface area contributed by atoms with Crippen molar-refractivity contribution in [3.63, 3.8) is 0 Å². The number of halogens is 3. The molecule has 9 heteroatoms. The minimum absolute atomic E-state index is 0.0903. The lowest BCUT2D eigenvalue weighted by Crippen LogP contribution is -2.41. The topological polar surface area (TPSA) is 57.2 Å². The summed E-state index contributed by atoms with van der Waals surface area (Å²) in [4.78, 5) is 13.6. The summed E-state index contributed by atoms with van der Waals surface area (Å²) in [5.74, 6) is -0.138. The first-order valence-electron chi connectivity index (χ1n) is 13.2. The fourth-order valence-electron chi connectivity index (χ4n) is 4.05. The molecule has 0 N–H and O–H groups in total. The van der Waals surface area contributed by atoms with E-state index in [0.717, 1.165) is 37.7 Å². The first-order valence-corrected chi connectivity index (χ1v) is 13.2. The lowest BCUT2D eigenvalue weighted by atomic mass is 9.91. The van der Waals surface area contributed by atoms with Gasteiger partial charge in [0.05, 0.1) is 26.4 Å². The molecule has 0 aliphatic carbocycles. The fraction of sp³-hybridized carbons (Fsp3) is 0.741. The van der Waals surface area contributed by atoms with Gasteiger partial charge in [-0.2, -0.15) is 13.2 Å². The van der Waals surface area contributed by atoms with E-state index in [-0.39, 0.29) is 31.6 Å². The van der Waals surface area contributed by atoms with Gasteiger partial charge in [0.2, 0.25) is 0 Å². The molecular weight excluding hydrogens is 475 g/mol. The molecule has 0 bridgehead atoms. The number of carbonyl (C=O) groups excluding carboxylic acids is 1. The monoisotopic (exact) mass is 517 g/mol. The molecule has 1 saturated heterocycles. The average molecular weight is 518 g/mol. The van der Waals surface area contributed by atoms with Gasteiger partial charge in [0.15, 0.2) is 6.10 Å². The number of nitrogens with zero attached hydrogens (tertiary/aromatic N) is 1. The molecule has 1 aliphatic rings. The number of piperidine rings is 1. The molecule has 1 atom stereocenters. The van der Waals surface area contributed by atoms with Gasteiger partial charge in [0.1, 0.15) is 0 Å². The van der Waals surface area contributed by atoms with Crippen LogP contribution in [0, 0.1) is 5.92 Å². The molecule has 1 fully saturated rings. The summed E-state index contributed by atoms with van der Waals surface area (Å²) in [6.45, 7) is 5.03. The molecule has 0 spiro atoms. The summed E-state index contributed by atoms with van der Waals surface area (Å²) in [5.41, 5.74) is 1.14. The number of alkyl halides is 3. The Morgan fingerprint density at radius 1 is 0.944 bits per heavy atom. The van der Waals surface area contributed by atoms with Gasteiger partial charge in [-0.15, -0.1) is 0 Å². The van der Waals surface area contributed by atoms with Crippen LogP contribution < -0.4 is 0 Å². The first-order chi connectivity index (χ1) is 17.4. The molecule has 0 saturated carbocycles. The van der Waals surface area contributed by atoms with E-state index < -0.39 is 12.3 Å². The maximum Gasteiger partial charge on any atom is 0.414 e. The molecule has 1 aromatic rings. The van der Waals surface area contributed by atoms with Gasteiger partial charge in [0.25, 0.3) is 0 Å². The normalized spacial score (nSPS) is 15.7. The summed E-state index contributed by atoms with van der Waals surface area (Å²) in [6.07, 6.45) is -1.24. The predicted octanol–water partition coefficient (Wildman–Crippen LogP) is 6.38. The molecule has 1 heterocycles. The quantitative estimate of drug-likeness (QED) is 0.225. The number of likely N-dealkylation sites (tertiary alicyclic amines) is 1. The smallest absolute Gasteiger partial charge is 0.414 e. The Balaban J connectivity index is 1.51. The molecule has 0 aromatic heterocycles. The standard InChI is InChI=1S/C27H42F3NO5/c1-2-3-18-36-26(32)31-14-12-23(13-15-31)21-25(27(28,29)30)35-20-19-33-16-8-5-9-17-34-22-24-10-6-4-7-11-24/h4,6-7,10-11,23,25H,2-3,5,8-9,12-22H2,1H3. The van der Waals surface area contributed by atoms with Crippen LogP contribution in [0.1, 0.15) is 63.9 Å². The van der Waals surface area contributed by atoms with Crippen LogP contribution in [-0.2, 0) is 25.6 Å². The van der Waals surface area contributed by atoms with E-state index >= 15 is 0 Å². The minimum Gasteiger partial charge on any atom is -0.449 e. The largest absolute Gasteiger partial charge is 0.449 e. The second-order valence-corrected chi connectivity index (χ2v) is 9.25. The fourth-order valence-corrected chi connectivity index (χ4v) is 4.05. The molecule has 1 aliphatic heterocycles. The maximum atomic E-state index is 13.5. The van der Waals surface area contributed by atoms with Crippen molar-refractivity contribution in [3.8, 4) is 0 Å². The molecule has 206 valence electrons. The molecule has 0 radical (unpaired) electrons. The third-order valence-electron chi connectivity index (χ3n) is 6.24. The van der Waals surface area contributed by atoms with Crippen LogP contribution in [0.25, 0.3) is 0 Å². The summed E-state index contributed by atoms with van der Waals surface area (Å²) in [6, 6.07) is 9.98. The minimum atomic E-state index is -4.42. The second kappa shape index (κ2) is 17.6. The highest BCUT2D eigenvalue weighted by atomic mass is 19.4. The lowest BCUT2D eigenvalue weighted by Gasteiger charge is -2.33. The molecule has 6 nitrogen and oxygen atoms in total. The maximum absolute atomic E-state index is 13.5. The second-order valence-electron chi connectivity index (χ2n) is 9.25. The van der Waals surface area contributed by atoms with Crippen LogP contribution in [0.3, 0.4) is 0 Å².